The van der Waals surface area contributed by atoms with Crippen molar-refractivity contribution in [2.45, 2.75) is 32.0 Å². The maximum atomic E-state index is 11.6. The van der Waals surface area contributed by atoms with Gasteiger partial charge in [-0.2, -0.15) is 0 Å². The Labute approximate surface area is 114 Å². The lowest BCUT2D eigenvalue weighted by Crippen LogP contribution is -2.45. The van der Waals surface area contributed by atoms with Gasteiger partial charge in [-0.1, -0.05) is 12.1 Å². The number of nitrogens with one attached hydrogen (secondary N) is 1. The van der Waals surface area contributed by atoms with Gasteiger partial charge in [-0.3, -0.25) is 4.79 Å². The van der Waals surface area contributed by atoms with Crippen LogP contribution in [0.2, 0.25) is 0 Å². The number of benzene rings is 1. The van der Waals surface area contributed by atoms with Gasteiger partial charge in [0, 0.05) is 7.11 Å². The molecule has 1 rings (SSSR count). The van der Waals surface area contributed by atoms with E-state index in [1.807, 2.05) is 31.2 Å². The largest absolute Gasteiger partial charge is 0.497 e. The maximum Gasteiger partial charge on any atom is 0.236 e. The van der Waals surface area contributed by atoms with Crippen molar-refractivity contribution in [3.05, 3.63) is 29.8 Å². The molecule has 0 saturated heterocycles. The Morgan fingerprint density at radius 1 is 1.21 bits per heavy atom. The van der Waals surface area contributed by atoms with Crippen molar-refractivity contribution >= 4 is 5.91 Å². The number of methoxy groups -OCH3 is 2. The number of hydrogen-bond donors (Lipinski definition) is 2. The summed E-state index contributed by atoms with van der Waals surface area (Å²) in [5.74, 6) is 0.592. The van der Waals surface area contributed by atoms with Crippen LogP contribution in [0.1, 0.15) is 25.5 Å². The molecule has 1 aromatic carbocycles. The van der Waals surface area contributed by atoms with E-state index in [1.165, 1.54) is 0 Å². The molecule has 0 aliphatic carbocycles. The van der Waals surface area contributed by atoms with Crippen LogP contribution in [-0.2, 0) is 9.53 Å². The van der Waals surface area contributed by atoms with Gasteiger partial charge in [0.15, 0.2) is 0 Å². The summed E-state index contributed by atoms with van der Waals surface area (Å²) < 4.78 is 10.6. The van der Waals surface area contributed by atoms with Crippen molar-refractivity contribution in [2.24, 2.45) is 5.73 Å². The highest BCUT2D eigenvalue weighted by Crippen LogP contribution is 2.23. The van der Waals surface area contributed by atoms with E-state index in [-0.39, 0.29) is 18.1 Å². The second-order valence-electron chi connectivity index (χ2n) is 4.52. The van der Waals surface area contributed by atoms with Gasteiger partial charge < -0.3 is 20.5 Å². The molecule has 0 heterocycles. The van der Waals surface area contributed by atoms with E-state index in [0.717, 1.165) is 11.3 Å². The lowest BCUT2D eigenvalue weighted by atomic mass is 10.0. The molecule has 5 heteroatoms. The van der Waals surface area contributed by atoms with Crippen LogP contribution in [0.4, 0.5) is 0 Å². The standard InChI is InChI=1S/C14H22N2O3/c1-9(15)14(17)16-10(2)13(19-4)11-5-7-12(18-3)8-6-11/h5-10,13H,15H2,1-4H3,(H,16,17)/t9-,10?,13?/m1/s1. The zero-order valence-electron chi connectivity index (χ0n) is 11.8. The fourth-order valence-electron chi connectivity index (χ4n) is 1.85. The third-order valence-electron chi connectivity index (χ3n) is 2.94. The number of amides is 1. The lowest BCUT2D eigenvalue weighted by Gasteiger charge is -2.25. The molecular weight excluding hydrogens is 244 g/mol. The molecule has 0 aliphatic heterocycles. The normalized spacial score (nSPS) is 15.4. The first kappa shape index (κ1) is 15.5. The summed E-state index contributed by atoms with van der Waals surface area (Å²) in [7, 11) is 3.23. The zero-order chi connectivity index (χ0) is 14.4. The monoisotopic (exact) mass is 266 g/mol. The molecule has 0 aromatic heterocycles. The van der Waals surface area contributed by atoms with Crippen LogP contribution in [0.5, 0.6) is 5.75 Å². The maximum absolute atomic E-state index is 11.6. The van der Waals surface area contributed by atoms with E-state index in [4.69, 9.17) is 15.2 Å². The van der Waals surface area contributed by atoms with Crippen LogP contribution >= 0.6 is 0 Å². The molecule has 0 fully saturated rings. The molecule has 106 valence electrons. The predicted octanol–water partition coefficient (Wildman–Crippen LogP) is 1.23. The highest BCUT2D eigenvalue weighted by Gasteiger charge is 2.21. The number of carbonyl (C=O) groups is 1. The first-order valence-corrected chi connectivity index (χ1v) is 6.22. The summed E-state index contributed by atoms with van der Waals surface area (Å²) in [6, 6.07) is 6.86. The Bertz CT molecular complexity index is 404. The van der Waals surface area contributed by atoms with E-state index >= 15 is 0 Å². The Kier molecular flexibility index (Phi) is 5.79. The van der Waals surface area contributed by atoms with Gasteiger partial charge in [0.2, 0.25) is 5.91 Å². The zero-order valence-corrected chi connectivity index (χ0v) is 11.8. The summed E-state index contributed by atoms with van der Waals surface area (Å²) >= 11 is 0. The quantitative estimate of drug-likeness (QED) is 0.812. The Hall–Kier alpha value is -1.59. The summed E-state index contributed by atoms with van der Waals surface area (Å²) in [6.45, 7) is 3.54. The minimum atomic E-state index is -0.532. The number of rotatable bonds is 6. The fourth-order valence-corrected chi connectivity index (χ4v) is 1.85. The van der Waals surface area contributed by atoms with Crippen LogP contribution in [0.3, 0.4) is 0 Å². The Balaban J connectivity index is 2.78. The van der Waals surface area contributed by atoms with Gasteiger partial charge >= 0.3 is 0 Å². The van der Waals surface area contributed by atoms with E-state index in [2.05, 4.69) is 5.32 Å². The fraction of sp³-hybridized carbons (Fsp3) is 0.500. The number of carbonyl (C=O) groups excluding carboxylic acids is 1. The average Bonchev–Trinajstić information content (AvgIpc) is 2.40. The lowest BCUT2D eigenvalue weighted by molar-refractivity contribution is -0.123. The minimum absolute atomic E-state index is 0.170. The first-order valence-electron chi connectivity index (χ1n) is 6.22. The van der Waals surface area contributed by atoms with Crippen LogP contribution < -0.4 is 15.8 Å². The molecule has 3 N–H and O–H groups in total. The van der Waals surface area contributed by atoms with Crippen LogP contribution in [0, 0.1) is 0 Å². The van der Waals surface area contributed by atoms with Crippen molar-refractivity contribution in [1.82, 2.24) is 5.32 Å². The molecule has 0 aliphatic rings. The summed E-state index contributed by atoms with van der Waals surface area (Å²) in [4.78, 5) is 11.6. The highest BCUT2D eigenvalue weighted by molar-refractivity contribution is 5.81. The second kappa shape index (κ2) is 7.11. The summed E-state index contributed by atoms with van der Waals surface area (Å²) in [5, 5.41) is 2.84. The van der Waals surface area contributed by atoms with Crippen LogP contribution in [0.25, 0.3) is 0 Å². The molecule has 1 aromatic rings. The topological polar surface area (TPSA) is 73.6 Å². The van der Waals surface area contributed by atoms with Crippen LogP contribution in [0.15, 0.2) is 24.3 Å². The van der Waals surface area contributed by atoms with E-state index in [9.17, 15) is 4.79 Å². The summed E-state index contributed by atoms with van der Waals surface area (Å²) in [6.07, 6.45) is -0.228. The van der Waals surface area contributed by atoms with Gasteiger partial charge in [0.25, 0.3) is 0 Å². The molecule has 2 unspecified atom stereocenters. The molecule has 1 amide bonds. The predicted molar refractivity (Wildman–Crippen MR) is 74.0 cm³/mol. The van der Waals surface area contributed by atoms with Crippen molar-refractivity contribution in [3.8, 4) is 5.75 Å². The summed E-state index contributed by atoms with van der Waals surface area (Å²) in [5.41, 5.74) is 6.51. The van der Waals surface area contributed by atoms with E-state index < -0.39 is 6.04 Å². The minimum Gasteiger partial charge on any atom is -0.497 e. The molecule has 0 spiro atoms. The SMILES string of the molecule is COc1ccc(C(OC)C(C)NC(=O)[C@@H](C)N)cc1. The highest BCUT2D eigenvalue weighted by atomic mass is 16.5. The third kappa shape index (κ3) is 4.22. The molecule has 0 bridgehead atoms. The molecular formula is C14H22N2O3. The number of nitrogens with two attached hydrogens (primary N) is 1. The number of hydrogen-bond acceptors (Lipinski definition) is 4. The average molecular weight is 266 g/mol. The van der Waals surface area contributed by atoms with Gasteiger partial charge in [-0.05, 0) is 31.5 Å². The number of ether oxygens (including phenoxy) is 2. The molecule has 0 saturated carbocycles. The van der Waals surface area contributed by atoms with Crippen molar-refractivity contribution in [2.75, 3.05) is 14.2 Å². The molecule has 3 atom stereocenters. The van der Waals surface area contributed by atoms with Gasteiger partial charge in [0.05, 0.1) is 19.2 Å². The van der Waals surface area contributed by atoms with Crippen LogP contribution in [-0.4, -0.2) is 32.2 Å². The van der Waals surface area contributed by atoms with Crippen molar-refractivity contribution in [3.63, 3.8) is 0 Å². The smallest absolute Gasteiger partial charge is 0.236 e. The van der Waals surface area contributed by atoms with E-state index in [1.54, 1.807) is 21.1 Å². The van der Waals surface area contributed by atoms with Crippen molar-refractivity contribution in [1.29, 1.82) is 0 Å². The molecule has 5 nitrogen and oxygen atoms in total. The van der Waals surface area contributed by atoms with Gasteiger partial charge in [-0.15, -0.1) is 0 Å². The third-order valence-corrected chi connectivity index (χ3v) is 2.94. The van der Waals surface area contributed by atoms with E-state index in [0.29, 0.717) is 0 Å². The Morgan fingerprint density at radius 3 is 2.21 bits per heavy atom. The molecule has 19 heavy (non-hydrogen) atoms. The van der Waals surface area contributed by atoms with Gasteiger partial charge in [-0.25, -0.2) is 0 Å². The molecule has 0 radical (unpaired) electrons. The van der Waals surface area contributed by atoms with Crippen molar-refractivity contribution < 1.29 is 14.3 Å². The first-order chi connectivity index (χ1) is 8.99. The second-order valence-corrected chi connectivity index (χ2v) is 4.52. The Morgan fingerprint density at radius 2 is 1.79 bits per heavy atom. The van der Waals surface area contributed by atoms with Gasteiger partial charge in [0.1, 0.15) is 11.9 Å².